The van der Waals surface area contributed by atoms with E-state index in [0.29, 0.717) is 0 Å². The van der Waals surface area contributed by atoms with Crippen molar-refractivity contribution in [1.29, 1.82) is 0 Å². The molecule has 10 aromatic rings. The molecule has 0 N–H and O–H groups in total. The highest BCUT2D eigenvalue weighted by Gasteiger charge is 2.35. The van der Waals surface area contributed by atoms with E-state index in [-0.39, 0.29) is 5.41 Å². The summed E-state index contributed by atoms with van der Waals surface area (Å²) in [6, 6.07) is 78.0. The van der Waals surface area contributed by atoms with Crippen LogP contribution in [0.3, 0.4) is 0 Å². The summed E-state index contributed by atoms with van der Waals surface area (Å²) in [4.78, 5) is 2.40. The largest absolute Gasteiger partial charge is 0.310 e. The van der Waals surface area contributed by atoms with Gasteiger partial charge in [-0.15, -0.1) is 0 Å². The van der Waals surface area contributed by atoms with E-state index in [2.05, 4.69) is 255 Å². The normalized spacial score (nSPS) is 12.8. The van der Waals surface area contributed by atoms with Gasteiger partial charge in [0.15, 0.2) is 0 Å². The Hall–Kier alpha value is -7.68. The molecule has 0 amide bonds. The smallest absolute Gasteiger partial charge is 0.0547 e. The Labute approximate surface area is 364 Å². The SMILES string of the molecule is C/C=C/c1ccc2c(c1)c1ccc(-c3ccc(N(c4ccc(-c5ccccc5)cc4)c4ccc5c(c4)C(C)(C)c4ccccc4-5)cc3)cc1n2-c1cccc(-c2ccccc2)c1. The van der Waals surface area contributed by atoms with Crippen molar-refractivity contribution in [3.63, 3.8) is 0 Å². The molecule has 0 radical (unpaired) electrons. The lowest BCUT2D eigenvalue weighted by Crippen LogP contribution is -2.16. The highest BCUT2D eigenvalue weighted by molar-refractivity contribution is 6.11. The molecule has 0 saturated heterocycles. The lowest BCUT2D eigenvalue weighted by molar-refractivity contribution is 0.660. The lowest BCUT2D eigenvalue weighted by Gasteiger charge is -2.28. The lowest BCUT2D eigenvalue weighted by atomic mass is 9.82. The molecule has 0 spiro atoms. The van der Waals surface area contributed by atoms with E-state index in [1.807, 2.05) is 0 Å². The maximum absolute atomic E-state index is 2.43. The van der Waals surface area contributed by atoms with Crippen LogP contribution in [0.4, 0.5) is 17.1 Å². The number of anilines is 3. The second-order valence-electron chi connectivity index (χ2n) is 17.0. The Morgan fingerprint density at radius 2 is 0.968 bits per heavy atom. The molecule has 1 aliphatic rings. The average Bonchev–Trinajstić information content (AvgIpc) is 3.77. The average molecular weight is 795 g/mol. The maximum atomic E-state index is 2.43. The molecule has 2 nitrogen and oxygen atoms in total. The van der Waals surface area contributed by atoms with Gasteiger partial charge >= 0.3 is 0 Å². The molecule has 0 aliphatic heterocycles. The summed E-state index contributed by atoms with van der Waals surface area (Å²) < 4.78 is 2.43. The molecule has 62 heavy (non-hydrogen) atoms. The molecule has 1 heterocycles. The minimum atomic E-state index is -0.104. The van der Waals surface area contributed by atoms with Crippen LogP contribution in [0.25, 0.3) is 78.1 Å². The minimum Gasteiger partial charge on any atom is -0.310 e. The molecule has 1 aliphatic carbocycles. The second kappa shape index (κ2) is 15.1. The Balaban J connectivity index is 1.02. The molecule has 1 aromatic heterocycles. The number of hydrogen-bond acceptors (Lipinski definition) is 1. The van der Waals surface area contributed by atoms with Crippen molar-refractivity contribution in [3.05, 3.63) is 235 Å². The van der Waals surface area contributed by atoms with Gasteiger partial charge in [-0.3, -0.25) is 0 Å². The van der Waals surface area contributed by atoms with Crippen LogP contribution in [0, 0.1) is 0 Å². The molecule has 0 saturated carbocycles. The van der Waals surface area contributed by atoms with Crippen LogP contribution < -0.4 is 4.90 Å². The molecule has 9 aromatic carbocycles. The van der Waals surface area contributed by atoms with Gasteiger partial charge in [-0.25, -0.2) is 0 Å². The Kier molecular flexibility index (Phi) is 9.09. The van der Waals surface area contributed by atoms with Crippen molar-refractivity contribution in [2.24, 2.45) is 0 Å². The van der Waals surface area contributed by atoms with Crippen LogP contribution in [0.15, 0.2) is 218 Å². The van der Waals surface area contributed by atoms with Crippen molar-refractivity contribution in [1.82, 2.24) is 4.57 Å². The Morgan fingerprint density at radius 3 is 1.68 bits per heavy atom. The zero-order valence-electron chi connectivity index (χ0n) is 35.3. The van der Waals surface area contributed by atoms with E-state index in [1.165, 1.54) is 83.0 Å². The molecular formula is C60H46N2. The highest BCUT2D eigenvalue weighted by atomic mass is 15.1. The zero-order valence-corrected chi connectivity index (χ0v) is 35.3. The third-order valence-corrected chi connectivity index (χ3v) is 12.9. The summed E-state index contributed by atoms with van der Waals surface area (Å²) in [5, 5.41) is 2.49. The van der Waals surface area contributed by atoms with Crippen molar-refractivity contribution in [2.75, 3.05) is 4.90 Å². The monoisotopic (exact) mass is 794 g/mol. The third kappa shape index (κ3) is 6.35. The fourth-order valence-electron chi connectivity index (χ4n) is 9.76. The Morgan fingerprint density at radius 1 is 0.403 bits per heavy atom. The number of nitrogens with zero attached hydrogens (tertiary/aromatic N) is 2. The van der Waals surface area contributed by atoms with Crippen molar-refractivity contribution in [3.8, 4) is 50.2 Å². The highest BCUT2D eigenvalue weighted by Crippen LogP contribution is 2.51. The summed E-state index contributed by atoms with van der Waals surface area (Å²) in [5.41, 5.74) is 20.6. The molecule has 2 heteroatoms. The van der Waals surface area contributed by atoms with Crippen molar-refractivity contribution in [2.45, 2.75) is 26.2 Å². The van der Waals surface area contributed by atoms with Gasteiger partial charge in [0.2, 0.25) is 0 Å². The standard InChI is InChI=1S/C60H46N2/c1-4-14-41-23-36-58-55(37-41)54-34-28-47(39-59(54)62(58)50-20-13-19-46(38-50)43-17-9-6-10-18-43)45-26-31-49(32-27-45)61(48-29-24-44(25-30-48)42-15-7-5-8-16-42)51-33-35-53-52-21-11-12-22-56(52)60(2,3)57(53)40-51/h4-40H,1-3H3/b14-4+. The predicted octanol–water partition coefficient (Wildman–Crippen LogP) is 16.6. The first-order valence-electron chi connectivity index (χ1n) is 21.6. The number of aromatic nitrogens is 1. The maximum Gasteiger partial charge on any atom is 0.0547 e. The zero-order chi connectivity index (χ0) is 41.8. The van der Waals surface area contributed by atoms with E-state index >= 15 is 0 Å². The van der Waals surface area contributed by atoms with Crippen molar-refractivity contribution < 1.29 is 0 Å². The van der Waals surface area contributed by atoms with Crippen LogP contribution >= 0.6 is 0 Å². The summed E-state index contributed by atoms with van der Waals surface area (Å²) in [6.07, 6.45) is 4.29. The van der Waals surface area contributed by atoms with E-state index in [0.717, 1.165) is 22.7 Å². The summed E-state index contributed by atoms with van der Waals surface area (Å²) in [6.45, 7) is 6.78. The third-order valence-electron chi connectivity index (χ3n) is 12.9. The molecule has 0 fully saturated rings. The summed E-state index contributed by atoms with van der Waals surface area (Å²) >= 11 is 0. The Bertz CT molecular complexity index is 3300. The molecule has 0 unspecified atom stereocenters. The van der Waals surface area contributed by atoms with Gasteiger partial charge in [0.05, 0.1) is 11.0 Å². The van der Waals surface area contributed by atoms with Crippen LogP contribution in [0.1, 0.15) is 37.5 Å². The van der Waals surface area contributed by atoms with E-state index < -0.39 is 0 Å². The van der Waals surface area contributed by atoms with Crippen LogP contribution in [0.2, 0.25) is 0 Å². The first kappa shape index (κ1) is 37.3. The van der Waals surface area contributed by atoms with Gasteiger partial charge in [0.1, 0.15) is 0 Å². The molecule has 0 bridgehead atoms. The van der Waals surface area contributed by atoms with Gasteiger partial charge in [0, 0.05) is 38.9 Å². The predicted molar refractivity (Wildman–Crippen MR) is 264 cm³/mol. The van der Waals surface area contributed by atoms with Crippen LogP contribution in [-0.2, 0) is 5.41 Å². The van der Waals surface area contributed by atoms with E-state index in [1.54, 1.807) is 0 Å². The van der Waals surface area contributed by atoms with Gasteiger partial charge in [-0.05, 0) is 135 Å². The number of rotatable bonds is 8. The fraction of sp³-hybridized carbons (Fsp3) is 0.0667. The topological polar surface area (TPSA) is 8.17 Å². The molecule has 11 rings (SSSR count). The minimum absolute atomic E-state index is 0.104. The van der Waals surface area contributed by atoms with Gasteiger partial charge < -0.3 is 9.47 Å². The summed E-state index contributed by atoms with van der Waals surface area (Å²) in [7, 11) is 0. The van der Waals surface area contributed by atoms with Crippen LogP contribution in [0.5, 0.6) is 0 Å². The number of fused-ring (bicyclic) bond motifs is 6. The number of hydrogen-bond donors (Lipinski definition) is 0. The first-order valence-corrected chi connectivity index (χ1v) is 21.6. The molecule has 296 valence electrons. The van der Waals surface area contributed by atoms with Crippen molar-refractivity contribution >= 4 is 44.9 Å². The summed E-state index contributed by atoms with van der Waals surface area (Å²) in [5.74, 6) is 0. The van der Waals surface area contributed by atoms with Gasteiger partial charge in [-0.2, -0.15) is 0 Å². The fourth-order valence-corrected chi connectivity index (χ4v) is 9.76. The van der Waals surface area contributed by atoms with Gasteiger partial charge in [-0.1, -0.05) is 172 Å². The van der Waals surface area contributed by atoms with Gasteiger partial charge in [0.25, 0.3) is 0 Å². The van der Waals surface area contributed by atoms with Crippen LogP contribution in [-0.4, -0.2) is 4.57 Å². The quantitative estimate of drug-likeness (QED) is 0.149. The second-order valence-corrected chi connectivity index (χ2v) is 17.0. The number of allylic oxidation sites excluding steroid dienone is 1. The molecule has 0 atom stereocenters. The number of benzene rings is 9. The van der Waals surface area contributed by atoms with E-state index in [4.69, 9.17) is 0 Å². The molecular weight excluding hydrogens is 749 g/mol. The van der Waals surface area contributed by atoms with E-state index in [9.17, 15) is 0 Å². The first-order chi connectivity index (χ1) is 30.4.